The average Bonchev–Trinajstić information content (AvgIpc) is 2.44. The lowest BCUT2D eigenvalue weighted by molar-refractivity contribution is 0.0974. The van der Waals surface area contributed by atoms with Crippen LogP contribution in [0.5, 0.6) is 5.75 Å². The summed E-state index contributed by atoms with van der Waals surface area (Å²) in [6, 6.07) is 5.28. The van der Waals surface area contributed by atoms with E-state index < -0.39 is 5.91 Å². The molecular formula is C15H14Br2N4O2S. The molecule has 0 radical (unpaired) electrons. The second kappa shape index (κ2) is 8.00. The van der Waals surface area contributed by atoms with E-state index in [2.05, 4.69) is 52.5 Å². The molecule has 126 valence electrons. The third-order valence-corrected chi connectivity index (χ3v) is 4.14. The molecule has 0 aliphatic heterocycles. The first kappa shape index (κ1) is 18.8. The molecule has 0 atom stereocenters. The number of benzene rings is 1. The van der Waals surface area contributed by atoms with Crippen LogP contribution in [0.4, 0.5) is 5.95 Å². The maximum absolute atomic E-state index is 12.5. The molecule has 0 aliphatic carbocycles. The molecule has 2 aromatic rings. The highest BCUT2D eigenvalue weighted by Gasteiger charge is 2.17. The molecule has 1 heterocycles. The first-order valence-corrected chi connectivity index (χ1v) is 8.77. The van der Waals surface area contributed by atoms with Gasteiger partial charge in [-0.3, -0.25) is 10.1 Å². The van der Waals surface area contributed by atoms with Crippen LogP contribution in [-0.2, 0) is 0 Å². The van der Waals surface area contributed by atoms with Crippen LogP contribution < -0.4 is 15.4 Å². The van der Waals surface area contributed by atoms with Crippen molar-refractivity contribution in [2.45, 2.75) is 13.8 Å². The summed E-state index contributed by atoms with van der Waals surface area (Å²) >= 11 is 11.9. The molecule has 0 fully saturated rings. The first-order chi connectivity index (χ1) is 11.3. The number of aryl methyl sites for hydroxylation is 2. The first-order valence-electron chi connectivity index (χ1n) is 6.78. The third-order valence-electron chi connectivity index (χ3n) is 2.89. The number of methoxy groups -OCH3 is 1. The van der Waals surface area contributed by atoms with Crippen LogP contribution in [0.1, 0.15) is 21.7 Å². The van der Waals surface area contributed by atoms with Gasteiger partial charge in [-0.2, -0.15) is 0 Å². The highest BCUT2D eigenvalue weighted by molar-refractivity contribution is 9.11. The Kier molecular flexibility index (Phi) is 6.25. The number of hydrogen-bond donors (Lipinski definition) is 2. The molecule has 0 aliphatic rings. The summed E-state index contributed by atoms with van der Waals surface area (Å²) in [6.07, 6.45) is 0. The Labute approximate surface area is 161 Å². The Balaban J connectivity index is 2.16. The van der Waals surface area contributed by atoms with Crippen molar-refractivity contribution >= 4 is 61.0 Å². The van der Waals surface area contributed by atoms with E-state index in [9.17, 15) is 4.79 Å². The Morgan fingerprint density at radius 2 is 1.79 bits per heavy atom. The molecule has 1 aromatic heterocycles. The summed E-state index contributed by atoms with van der Waals surface area (Å²) in [6.45, 7) is 3.71. The van der Waals surface area contributed by atoms with E-state index in [1.54, 1.807) is 12.1 Å². The minimum Gasteiger partial charge on any atom is -0.495 e. The molecule has 0 saturated heterocycles. The van der Waals surface area contributed by atoms with E-state index in [0.29, 0.717) is 21.7 Å². The second-order valence-electron chi connectivity index (χ2n) is 4.85. The fourth-order valence-corrected chi connectivity index (χ4v) is 3.59. The van der Waals surface area contributed by atoms with Gasteiger partial charge < -0.3 is 10.1 Å². The van der Waals surface area contributed by atoms with E-state index in [1.165, 1.54) is 7.11 Å². The van der Waals surface area contributed by atoms with E-state index in [-0.39, 0.29) is 5.11 Å². The Morgan fingerprint density at radius 1 is 1.17 bits per heavy atom. The standard InChI is InChI=1S/C15H14Br2N4O2S/c1-7-4-8(2)19-14(18-7)21-15(24)20-13(22)10-5-9(16)6-11(17)12(10)23-3/h4-6H,1-3H3,(H2,18,19,20,21,22,24). The minimum absolute atomic E-state index is 0.100. The van der Waals surface area contributed by atoms with Crippen molar-refractivity contribution in [3.63, 3.8) is 0 Å². The van der Waals surface area contributed by atoms with Gasteiger partial charge in [0.2, 0.25) is 5.95 Å². The van der Waals surface area contributed by atoms with Gasteiger partial charge in [-0.05, 0) is 60.2 Å². The van der Waals surface area contributed by atoms with Crippen molar-refractivity contribution in [1.29, 1.82) is 0 Å². The van der Waals surface area contributed by atoms with Crippen LogP contribution in [0.2, 0.25) is 0 Å². The molecule has 1 aromatic carbocycles. The number of nitrogens with zero attached hydrogens (tertiary/aromatic N) is 2. The van der Waals surface area contributed by atoms with Crippen molar-refractivity contribution < 1.29 is 9.53 Å². The number of ether oxygens (including phenoxy) is 1. The van der Waals surface area contributed by atoms with Gasteiger partial charge in [0.25, 0.3) is 5.91 Å². The molecule has 6 nitrogen and oxygen atoms in total. The quantitative estimate of drug-likeness (QED) is 0.661. The number of rotatable bonds is 3. The zero-order valence-corrected chi connectivity index (χ0v) is 17.1. The smallest absolute Gasteiger partial charge is 0.261 e. The predicted octanol–water partition coefficient (Wildman–Crippen LogP) is 3.75. The number of aromatic nitrogens is 2. The monoisotopic (exact) mass is 472 g/mol. The summed E-state index contributed by atoms with van der Waals surface area (Å²) in [4.78, 5) is 20.9. The zero-order chi connectivity index (χ0) is 17.9. The summed E-state index contributed by atoms with van der Waals surface area (Å²) < 4.78 is 6.65. The molecule has 0 spiro atoms. The second-order valence-corrected chi connectivity index (χ2v) is 7.03. The van der Waals surface area contributed by atoms with Gasteiger partial charge in [0.15, 0.2) is 5.11 Å². The number of halogens is 2. The largest absolute Gasteiger partial charge is 0.495 e. The van der Waals surface area contributed by atoms with Crippen LogP contribution >= 0.6 is 44.1 Å². The van der Waals surface area contributed by atoms with E-state index in [1.807, 2.05) is 19.9 Å². The summed E-state index contributed by atoms with van der Waals surface area (Å²) in [7, 11) is 1.49. The number of carbonyl (C=O) groups is 1. The predicted molar refractivity (Wildman–Crippen MR) is 104 cm³/mol. The van der Waals surface area contributed by atoms with Crippen LogP contribution in [0.25, 0.3) is 0 Å². The normalized spacial score (nSPS) is 10.2. The molecule has 9 heteroatoms. The summed E-state index contributed by atoms with van der Waals surface area (Å²) in [5.41, 5.74) is 1.94. The lowest BCUT2D eigenvalue weighted by atomic mass is 10.2. The molecule has 2 N–H and O–H groups in total. The molecule has 1 amide bonds. The van der Waals surface area contributed by atoms with Gasteiger partial charge >= 0.3 is 0 Å². The van der Waals surface area contributed by atoms with Crippen molar-refractivity contribution in [1.82, 2.24) is 15.3 Å². The Hall–Kier alpha value is -1.58. The Morgan fingerprint density at radius 3 is 2.38 bits per heavy atom. The van der Waals surface area contributed by atoms with Crippen LogP contribution in [0.3, 0.4) is 0 Å². The number of nitrogens with one attached hydrogen (secondary N) is 2. The van der Waals surface area contributed by atoms with Crippen LogP contribution in [-0.4, -0.2) is 28.1 Å². The van der Waals surface area contributed by atoms with Crippen LogP contribution in [0, 0.1) is 13.8 Å². The van der Waals surface area contributed by atoms with E-state index in [4.69, 9.17) is 17.0 Å². The van der Waals surface area contributed by atoms with Gasteiger partial charge in [0.05, 0.1) is 17.1 Å². The maximum Gasteiger partial charge on any atom is 0.261 e. The number of anilines is 1. The van der Waals surface area contributed by atoms with E-state index in [0.717, 1.165) is 15.9 Å². The molecule has 2 rings (SSSR count). The molecular weight excluding hydrogens is 460 g/mol. The Bertz CT molecular complexity index is 794. The number of thiocarbonyl (C=S) groups is 1. The van der Waals surface area contributed by atoms with Gasteiger partial charge in [-0.1, -0.05) is 15.9 Å². The molecule has 0 unspecified atom stereocenters. The minimum atomic E-state index is -0.407. The summed E-state index contributed by atoms with van der Waals surface area (Å²) in [5, 5.41) is 5.50. The van der Waals surface area contributed by atoms with Crippen molar-refractivity contribution in [2.75, 3.05) is 12.4 Å². The van der Waals surface area contributed by atoms with Crippen molar-refractivity contribution in [3.8, 4) is 5.75 Å². The summed E-state index contributed by atoms with van der Waals surface area (Å²) in [5.74, 6) is 0.345. The van der Waals surface area contributed by atoms with Gasteiger partial charge in [0.1, 0.15) is 5.75 Å². The fourth-order valence-electron chi connectivity index (χ4n) is 2.02. The SMILES string of the molecule is COc1c(Br)cc(Br)cc1C(=O)NC(=S)Nc1nc(C)cc(C)n1. The highest BCUT2D eigenvalue weighted by Crippen LogP contribution is 2.32. The van der Waals surface area contributed by atoms with Crippen molar-refractivity contribution in [3.05, 3.63) is 44.1 Å². The van der Waals surface area contributed by atoms with Gasteiger partial charge in [-0.25, -0.2) is 9.97 Å². The third kappa shape index (κ3) is 4.71. The zero-order valence-electron chi connectivity index (χ0n) is 13.1. The highest BCUT2D eigenvalue weighted by atomic mass is 79.9. The average molecular weight is 474 g/mol. The number of carbonyl (C=O) groups excluding carboxylic acids is 1. The van der Waals surface area contributed by atoms with Crippen LogP contribution in [0.15, 0.2) is 27.1 Å². The van der Waals surface area contributed by atoms with Gasteiger partial charge in [0, 0.05) is 15.9 Å². The number of hydrogen-bond acceptors (Lipinski definition) is 5. The van der Waals surface area contributed by atoms with E-state index >= 15 is 0 Å². The molecule has 0 saturated carbocycles. The fraction of sp³-hybridized carbons (Fsp3) is 0.200. The molecule has 0 bridgehead atoms. The maximum atomic E-state index is 12.5. The van der Waals surface area contributed by atoms with Gasteiger partial charge in [-0.15, -0.1) is 0 Å². The topological polar surface area (TPSA) is 76.1 Å². The van der Waals surface area contributed by atoms with Crippen molar-refractivity contribution in [2.24, 2.45) is 0 Å². The lowest BCUT2D eigenvalue weighted by Crippen LogP contribution is -2.35. The lowest BCUT2D eigenvalue weighted by Gasteiger charge is -2.13. The molecule has 24 heavy (non-hydrogen) atoms. The number of amides is 1.